The van der Waals surface area contributed by atoms with E-state index in [0.29, 0.717) is 10.8 Å². The van der Waals surface area contributed by atoms with Gasteiger partial charge in [0.15, 0.2) is 0 Å². The van der Waals surface area contributed by atoms with Crippen LogP contribution in [-0.4, -0.2) is 0 Å². The maximum atomic E-state index is 2.46. The van der Waals surface area contributed by atoms with Gasteiger partial charge >= 0.3 is 0 Å². The molecule has 0 aromatic heterocycles. The van der Waals surface area contributed by atoms with Crippen LogP contribution in [0.25, 0.3) is 0 Å². The fraction of sp³-hybridized carbons (Fsp3) is 1.00. The molecule has 0 fully saturated rings. The quantitative estimate of drug-likeness (QED) is 0.442. The second-order valence-electron chi connectivity index (χ2n) is 6.73. The third kappa shape index (κ3) is 4.11. The van der Waals surface area contributed by atoms with Gasteiger partial charge < -0.3 is 0 Å². The lowest BCUT2D eigenvalue weighted by atomic mass is 9.59. The minimum Gasteiger partial charge on any atom is -0.0654 e. The standard InChI is InChI=1S/C16H34/c1-8-10-11-12-13-15(4,5)16(6,7)14(3)9-2/h14H,8-13H2,1-7H3. The highest BCUT2D eigenvalue weighted by molar-refractivity contribution is 4.89. The van der Waals surface area contributed by atoms with Crippen LogP contribution in [0, 0.1) is 16.7 Å². The molecule has 1 unspecified atom stereocenters. The van der Waals surface area contributed by atoms with E-state index >= 15 is 0 Å². The first-order valence-corrected chi connectivity index (χ1v) is 7.29. The highest BCUT2D eigenvalue weighted by Gasteiger charge is 2.39. The van der Waals surface area contributed by atoms with E-state index in [1.165, 1.54) is 38.5 Å². The lowest BCUT2D eigenvalue weighted by Gasteiger charge is -2.46. The van der Waals surface area contributed by atoms with E-state index < -0.39 is 0 Å². The average molecular weight is 226 g/mol. The van der Waals surface area contributed by atoms with Gasteiger partial charge in [0.25, 0.3) is 0 Å². The number of hydrogen-bond acceptors (Lipinski definition) is 0. The second-order valence-corrected chi connectivity index (χ2v) is 6.73. The molecule has 0 nitrogen and oxygen atoms in total. The molecule has 0 saturated heterocycles. The lowest BCUT2D eigenvalue weighted by molar-refractivity contribution is 0.0352. The van der Waals surface area contributed by atoms with Crippen molar-refractivity contribution in [2.45, 2.75) is 87.0 Å². The molecule has 0 aromatic rings. The third-order valence-corrected chi connectivity index (χ3v) is 5.24. The smallest absolute Gasteiger partial charge is 0.0277 e. The monoisotopic (exact) mass is 226 g/mol. The Hall–Kier alpha value is 0. The Kier molecular flexibility index (Phi) is 6.67. The summed E-state index contributed by atoms with van der Waals surface area (Å²) in [5.41, 5.74) is 0.921. The van der Waals surface area contributed by atoms with Crippen LogP contribution in [0.4, 0.5) is 0 Å². The van der Waals surface area contributed by atoms with Gasteiger partial charge in [0.2, 0.25) is 0 Å². The zero-order valence-corrected chi connectivity index (χ0v) is 12.8. The van der Waals surface area contributed by atoms with E-state index in [1.54, 1.807) is 0 Å². The molecule has 0 saturated carbocycles. The van der Waals surface area contributed by atoms with Crippen molar-refractivity contribution in [1.29, 1.82) is 0 Å². The molecule has 0 radical (unpaired) electrons. The van der Waals surface area contributed by atoms with Gasteiger partial charge in [-0.1, -0.05) is 80.6 Å². The van der Waals surface area contributed by atoms with Gasteiger partial charge in [0.1, 0.15) is 0 Å². The Morgan fingerprint density at radius 2 is 1.44 bits per heavy atom. The molecule has 1 atom stereocenters. The normalized spacial score (nSPS) is 15.2. The topological polar surface area (TPSA) is 0 Å². The van der Waals surface area contributed by atoms with Gasteiger partial charge in [-0.15, -0.1) is 0 Å². The van der Waals surface area contributed by atoms with Crippen molar-refractivity contribution in [3.63, 3.8) is 0 Å². The molecule has 0 spiro atoms. The summed E-state index contributed by atoms with van der Waals surface area (Å²) < 4.78 is 0. The largest absolute Gasteiger partial charge is 0.0654 e. The summed E-state index contributed by atoms with van der Waals surface area (Å²) in [5.74, 6) is 0.814. The minimum absolute atomic E-state index is 0.452. The first-order chi connectivity index (χ1) is 7.29. The van der Waals surface area contributed by atoms with Crippen molar-refractivity contribution in [3.05, 3.63) is 0 Å². The Morgan fingerprint density at radius 1 is 0.875 bits per heavy atom. The van der Waals surface area contributed by atoms with E-state index in [2.05, 4.69) is 48.5 Å². The van der Waals surface area contributed by atoms with Crippen LogP contribution in [-0.2, 0) is 0 Å². The van der Waals surface area contributed by atoms with Crippen molar-refractivity contribution in [2.75, 3.05) is 0 Å². The van der Waals surface area contributed by atoms with Gasteiger partial charge in [-0.3, -0.25) is 0 Å². The lowest BCUT2D eigenvalue weighted by Crippen LogP contribution is -2.37. The van der Waals surface area contributed by atoms with Gasteiger partial charge in [-0.05, 0) is 23.2 Å². The molecule has 98 valence electrons. The summed E-state index contributed by atoms with van der Waals surface area (Å²) in [4.78, 5) is 0. The molecule has 0 aliphatic carbocycles. The summed E-state index contributed by atoms with van der Waals surface area (Å²) in [6.07, 6.45) is 8.24. The fourth-order valence-corrected chi connectivity index (χ4v) is 2.49. The minimum atomic E-state index is 0.452. The van der Waals surface area contributed by atoms with E-state index in [9.17, 15) is 0 Å². The summed E-state index contributed by atoms with van der Waals surface area (Å²) in [5, 5.41) is 0. The first-order valence-electron chi connectivity index (χ1n) is 7.29. The fourth-order valence-electron chi connectivity index (χ4n) is 2.49. The predicted octanol–water partition coefficient (Wildman–Crippen LogP) is 6.06. The molecule has 0 heterocycles. The summed E-state index contributed by atoms with van der Waals surface area (Å²) in [6, 6.07) is 0. The van der Waals surface area contributed by atoms with Crippen molar-refractivity contribution in [2.24, 2.45) is 16.7 Å². The molecule has 0 amide bonds. The number of hydrogen-bond donors (Lipinski definition) is 0. The zero-order chi connectivity index (χ0) is 12.8. The summed E-state index contributed by atoms with van der Waals surface area (Å²) in [7, 11) is 0. The molecular formula is C16H34. The second kappa shape index (κ2) is 6.67. The average Bonchev–Trinajstić information content (AvgIpc) is 2.22. The predicted molar refractivity (Wildman–Crippen MR) is 75.8 cm³/mol. The summed E-state index contributed by atoms with van der Waals surface area (Å²) in [6.45, 7) is 16.9. The van der Waals surface area contributed by atoms with Crippen LogP contribution in [0.3, 0.4) is 0 Å². The van der Waals surface area contributed by atoms with Crippen molar-refractivity contribution in [3.8, 4) is 0 Å². The van der Waals surface area contributed by atoms with Crippen LogP contribution in [0.2, 0.25) is 0 Å². The molecule has 0 rings (SSSR count). The maximum absolute atomic E-state index is 2.46. The third-order valence-electron chi connectivity index (χ3n) is 5.24. The molecule has 0 bridgehead atoms. The van der Waals surface area contributed by atoms with Gasteiger partial charge in [-0.2, -0.15) is 0 Å². The zero-order valence-electron chi connectivity index (χ0n) is 12.8. The molecule has 16 heavy (non-hydrogen) atoms. The molecule has 0 aliphatic rings. The molecule has 0 heteroatoms. The van der Waals surface area contributed by atoms with E-state index in [1.807, 2.05) is 0 Å². The van der Waals surface area contributed by atoms with Crippen LogP contribution in [0.15, 0.2) is 0 Å². The molecule has 0 aromatic carbocycles. The number of rotatable bonds is 8. The summed E-state index contributed by atoms with van der Waals surface area (Å²) >= 11 is 0. The van der Waals surface area contributed by atoms with E-state index in [0.717, 1.165) is 5.92 Å². The molecule has 0 N–H and O–H groups in total. The number of unbranched alkanes of at least 4 members (excludes halogenated alkanes) is 3. The Balaban J connectivity index is 4.28. The van der Waals surface area contributed by atoms with Crippen molar-refractivity contribution < 1.29 is 0 Å². The Labute approximate surface area is 104 Å². The highest BCUT2D eigenvalue weighted by atomic mass is 14.4. The van der Waals surface area contributed by atoms with Crippen LogP contribution < -0.4 is 0 Å². The Bertz CT molecular complexity index is 176. The Morgan fingerprint density at radius 3 is 1.88 bits per heavy atom. The van der Waals surface area contributed by atoms with Gasteiger partial charge in [0.05, 0.1) is 0 Å². The van der Waals surface area contributed by atoms with Crippen LogP contribution in [0.1, 0.15) is 87.0 Å². The van der Waals surface area contributed by atoms with Crippen molar-refractivity contribution >= 4 is 0 Å². The van der Waals surface area contributed by atoms with Crippen LogP contribution >= 0.6 is 0 Å². The highest BCUT2D eigenvalue weighted by Crippen LogP contribution is 2.48. The van der Waals surface area contributed by atoms with E-state index in [-0.39, 0.29) is 0 Å². The first kappa shape index (κ1) is 16.0. The SMILES string of the molecule is CCCCCCC(C)(C)C(C)(C)C(C)CC. The maximum Gasteiger partial charge on any atom is -0.0277 e. The van der Waals surface area contributed by atoms with Gasteiger partial charge in [-0.25, -0.2) is 0 Å². The van der Waals surface area contributed by atoms with Gasteiger partial charge in [0, 0.05) is 0 Å². The van der Waals surface area contributed by atoms with E-state index in [4.69, 9.17) is 0 Å². The molecular weight excluding hydrogens is 192 g/mol. The molecule has 0 aliphatic heterocycles. The van der Waals surface area contributed by atoms with Crippen LogP contribution in [0.5, 0.6) is 0 Å². The van der Waals surface area contributed by atoms with Crippen molar-refractivity contribution in [1.82, 2.24) is 0 Å².